The summed E-state index contributed by atoms with van der Waals surface area (Å²) in [5.41, 5.74) is 9.65. The number of nitrogens with zero attached hydrogens (tertiary/aromatic N) is 3. The van der Waals surface area contributed by atoms with Gasteiger partial charge in [0.05, 0.1) is 11.6 Å². The van der Waals surface area contributed by atoms with Crippen LogP contribution in [0, 0.1) is 5.82 Å². The fraction of sp³-hybridized carbons (Fsp3) is 0.308. The van der Waals surface area contributed by atoms with Gasteiger partial charge in [-0.1, -0.05) is 18.2 Å². The van der Waals surface area contributed by atoms with Crippen molar-refractivity contribution in [3.63, 3.8) is 0 Å². The minimum absolute atomic E-state index is 0.0141. The molecule has 6 rings (SSSR count). The van der Waals surface area contributed by atoms with E-state index < -0.39 is 11.6 Å². The third kappa shape index (κ3) is 3.48. The summed E-state index contributed by atoms with van der Waals surface area (Å²) < 4.78 is 28.6. The summed E-state index contributed by atoms with van der Waals surface area (Å²) in [5.74, 6) is -1.20. The zero-order chi connectivity index (χ0) is 22.7. The van der Waals surface area contributed by atoms with Gasteiger partial charge in [0.15, 0.2) is 17.4 Å². The molecule has 2 N–H and O–H groups in total. The number of fused-ring (bicyclic) bond motifs is 3. The lowest BCUT2D eigenvalue weighted by atomic mass is 10.0. The fourth-order valence-corrected chi connectivity index (χ4v) is 5.07. The van der Waals surface area contributed by atoms with Gasteiger partial charge in [0.2, 0.25) is 0 Å². The summed E-state index contributed by atoms with van der Waals surface area (Å²) in [5, 5.41) is 1.85. The lowest BCUT2D eigenvalue weighted by Gasteiger charge is -2.22. The SMILES string of the molecule is CC1(C)O[C@@H]2[C@H](O1)C(CCc1ccc3cc(F)c(N)nc3c1)=C[C@H]2n1ccc2cccnc21. The Labute approximate surface area is 190 Å². The van der Waals surface area contributed by atoms with Crippen LogP contribution in [0.25, 0.3) is 21.9 Å². The van der Waals surface area contributed by atoms with Gasteiger partial charge in [-0.15, -0.1) is 0 Å². The molecule has 33 heavy (non-hydrogen) atoms. The van der Waals surface area contributed by atoms with E-state index >= 15 is 0 Å². The standard InChI is InChI=1S/C26H25FN4O2/c1-26(2)32-22-18(8-6-15-5-7-17-13-19(27)24(28)30-20(17)12-15)14-21(23(22)33-26)31-11-9-16-4-3-10-29-25(16)31/h3-5,7,9-14,21-23H,6,8H2,1-2H3,(H2,28,30)/t21-,22-,23+/m1/s1. The Morgan fingerprint density at radius 3 is 2.85 bits per heavy atom. The lowest BCUT2D eigenvalue weighted by Crippen LogP contribution is -2.27. The number of hydrogen-bond donors (Lipinski definition) is 1. The van der Waals surface area contributed by atoms with Gasteiger partial charge in [-0.25, -0.2) is 14.4 Å². The van der Waals surface area contributed by atoms with E-state index in [4.69, 9.17) is 15.2 Å². The summed E-state index contributed by atoms with van der Waals surface area (Å²) in [6.07, 6.45) is 7.59. The first-order valence-corrected chi connectivity index (χ1v) is 11.2. The second kappa shape index (κ2) is 7.37. The number of nitrogen functional groups attached to an aromatic ring is 1. The Bertz CT molecular complexity index is 1410. The van der Waals surface area contributed by atoms with Crippen molar-refractivity contribution in [2.75, 3.05) is 5.73 Å². The molecule has 4 aromatic rings. The summed E-state index contributed by atoms with van der Waals surface area (Å²) in [4.78, 5) is 8.79. The number of rotatable bonds is 4. The highest BCUT2D eigenvalue weighted by Gasteiger charge is 2.50. The normalized spacial score (nSPS) is 23.8. The maximum Gasteiger partial charge on any atom is 0.165 e. The summed E-state index contributed by atoms with van der Waals surface area (Å²) in [7, 11) is 0. The minimum Gasteiger partial charge on any atom is -0.381 e. The fourth-order valence-electron chi connectivity index (χ4n) is 5.07. The van der Waals surface area contributed by atoms with Gasteiger partial charge in [-0.2, -0.15) is 0 Å². The van der Waals surface area contributed by atoms with Crippen LogP contribution >= 0.6 is 0 Å². The Morgan fingerprint density at radius 2 is 1.97 bits per heavy atom. The number of pyridine rings is 2. The van der Waals surface area contributed by atoms with Crippen molar-refractivity contribution < 1.29 is 13.9 Å². The molecule has 0 bridgehead atoms. The summed E-state index contributed by atoms with van der Waals surface area (Å²) >= 11 is 0. The highest BCUT2D eigenvalue weighted by Crippen LogP contribution is 2.45. The first-order chi connectivity index (χ1) is 15.9. The van der Waals surface area contributed by atoms with E-state index in [0.717, 1.165) is 34.8 Å². The van der Waals surface area contributed by atoms with E-state index in [1.165, 1.54) is 11.6 Å². The number of halogens is 1. The zero-order valence-corrected chi connectivity index (χ0v) is 18.5. The Morgan fingerprint density at radius 1 is 1.09 bits per heavy atom. The van der Waals surface area contributed by atoms with E-state index in [0.29, 0.717) is 5.52 Å². The molecule has 4 heterocycles. The number of anilines is 1. The number of benzene rings is 1. The van der Waals surface area contributed by atoms with E-state index in [2.05, 4.69) is 38.9 Å². The molecule has 3 aromatic heterocycles. The molecule has 1 aliphatic carbocycles. The first kappa shape index (κ1) is 20.3. The van der Waals surface area contributed by atoms with E-state index in [1.807, 2.05) is 44.3 Å². The van der Waals surface area contributed by atoms with Crippen LogP contribution in [0.15, 0.2) is 66.5 Å². The maximum absolute atomic E-state index is 13.7. The molecule has 0 amide bonds. The second-order valence-electron chi connectivity index (χ2n) is 9.27. The van der Waals surface area contributed by atoms with Gasteiger partial charge in [0, 0.05) is 23.2 Å². The summed E-state index contributed by atoms with van der Waals surface area (Å²) in [6.45, 7) is 3.93. The number of aryl methyl sites for hydroxylation is 1. The first-order valence-electron chi connectivity index (χ1n) is 11.2. The molecule has 0 radical (unpaired) electrons. The predicted octanol–water partition coefficient (Wildman–Crippen LogP) is 4.94. The van der Waals surface area contributed by atoms with Crippen LogP contribution in [-0.4, -0.2) is 32.5 Å². The number of hydrogen-bond acceptors (Lipinski definition) is 5. The quantitative estimate of drug-likeness (QED) is 0.451. The van der Waals surface area contributed by atoms with E-state index in [1.54, 1.807) is 0 Å². The van der Waals surface area contributed by atoms with Crippen molar-refractivity contribution in [3.8, 4) is 0 Å². The molecule has 0 unspecified atom stereocenters. The highest BCUT2D eigenvalue weighted by molar-refractivity contribution is 5.81. The van der Waals surface area contributed by atoms with Crippen LogP contribution in [0.3, 0.4) is 0 Å². The van der Waals surface area contributed by atoms with Gasteiger partial charge in [-0.3, -0.25) is 0 Å². The van der Waals surface area contributed by atoms with Crippen molar-refractivity contribution >= 4 is 27.8 Å². The smallest absolute Gasteiger partial charge is 0.165 e. The molecule has 0 spiro atoms. The van der Waals surface area contributed by atoms with E-state index in [9.17, 15) is 4.39 Å². The largest absolute Gasteiger partial charge is 0.381 e. The van der Waals surface area contributed by atoms with E-state index in [-0.39, 0.29) is 24.1 Å². The molecule has 168 valence electrons. The van der Waals surface area contributed by atoms with Gasteiger partial charge < -0.3 is 19.8 Å². The van der Waals surface area contributed by atoms with Gasteiger partial charge in [0.1, 0.15) is 17.9 Å². The van der Waals surface area contributed by atoms with Crippen LogP contribution in [0.5, 0.6) is 0 Å². The third-order valence-electron chi connectivity index (χ3n) is 6.58. The Kier molecular flexibility index (Phi) is 4.54. The monoisotopic (exact) mass is 444 g/mol. The van der Waals surface area contributed by atoms with Crippen molar-refractivity contribution in [2.45, 2.75) is 50.7 Å². The predicted molar refractivity (Wildman–Crippen MR) is 125 cm³/mol. The molecule has 1 fully saturated rings. The summed E-state index contributed by atoms with van der Waals surface area (Å²) in [6, 6.07) is 13.4. The minimum atomic E-state index is -0.641. The Hall–Kier alpha value is -3.29. The van der Waals surface area contributed by atoms with Crippen LogP contribution < -0.4 is 5.73 Å². The third-order valence-corrected chi connectivity index (χ3v) is 6.58. The van der Waals surface area contributed by atoms with Crippen molar-refractivity contribution in [2.24, 2.45) is 0 Å². The molecule has 7 heteroatoms. The number of ether oxygens (including phenoxy) is 2. The molecule has 2 aliphatic rings. The second-order valence-corrected chi connectivity index (χ2v) is 9.27. The van der Waals surface area contributed by atoms with Crippen LogP contribution in [-0.2, 0) is 15.9 Å². The van der Waals surface area contributed by atoms with Crippen molar-refractivity contribution in [3.05, 3.63) is 77.9 Å². The molecule has 0 saturated carbocycles. The maximum atomic E-state index is 13.7. The van der Waals surface area contributed by atoms with Crippen LogP contribution in [0.1, 0.15) is 31.9 Å². The van der Waals surface area contributed by atoms with Gasteiger partial charge in [-0.05, 0) is 68.2 Å². The molecule has 6 nitrogen and oxygen atoms in total. The molecule has 1 saturated heterocycles. The molecule has 3 atom stereocenters. The average Bonchev–Trinajstić information content (AvgIpc) is 3.44. The van der Waals surface area contributed by atoms with Crippen LogP contribution in [0.4, 0.5) is 10.2 Å². The molecule has 1 aliphatic heterocycles. The Balaban J connectivity index is 1.30. The van der Waals surface area contributed by atoms with Gasteiger partial charge >= 0.3 is 0 Å². The zero-order valence-electron chi connectivity index (χ0n) is 18.5. The number of nitrogens with two attached hydrogens (primary N) is 1. The van der Waals surface area contributed by atoms with Gasteiger partial charge in [0.25, 0.3) is 0 Å². The highest BCUT2D eigenvalue weighted by atomic mass is 19.1. The molecule has 1 aromatic carbocycles. The average molecular weight is 445 g/mol. The molecular weight excluding hydrogens is 419 g/mol. The molecular formula is C26H25FN4O2. The van der Waals surface area contributed by atoms with Crippen molar-refractivity contribution in [1.82, 2.24) is 14.5 Å². The lowest BCUT2D eigenvalue weighted by molar-refractivity contribution is -0.147. The van der Waals surface area contributed by atoms with Crippen LogP contribution in [0.2, 0.25) is 0 Å². The topological polar surface area (TPSA) is 75.2 Å². The number of aromatic nitrogens is 3. The van der Waals surface area contributed by atoms with Crippen molar-refractivity contribution in [1.29, 1.82) is 0 Å².